The van der Waals surface area contributed by atoms with Crippen molar-refractivity contribution in [1.29, 1.82) is 0 Å². The first-order valence-corrected chi connectivity index (χ1v) is 5.10. The maximum Gasteiger partial charge on any atom is 0.356 e. The Morgan fingerprint density at radius 2 is 2.19 bits per heavy atom. The number of carbonyl (C=O) groups excluding carboxylic acids is 1. The maximum absolute atomic E-state index is 11.4. The smallest absolute Gasteiger partial charge is 0.356 e. The predicted octanol–water partition coefficient (Wildman–Crippen LogP) is 1.25. The highest BCUT2D eigenvalue weighted by atomic mass is 16.6. The van der Waals surface area contributed by atoms with E-state index in [0.717, 1.165) is 0 Å². The molecule has 88 valence electrons. The summed E-state index contributed by atoms with van der Waals surface area (Å²) in [5.41, 5.74) is 6.21. The molecule has 0 spiro atoms. The monoisotopic (exact) mass is 224 g/mol. The molecule has 0 aliphatic rings. The van der Waals surface area contributed by atoms with Gasteiger partial charge in [-0.25, -0.2) is 9.78 Å². The normalized spacial score (nSPS) is 10.4. The number of nitrogen functional groups attached to an aromatic ring is 1. The van der Waals surface area contributed by atoms with Crippen molar-refractivity contribution >= 4 is 11.7 Å². The largest absolute Gasteiger partial charge is 0.459 e. The highest BCUT2D eigenvalue weighted by Gasteiger charge is 2.07. The third-order valence-electron chi connectivity index (χ3n) is 1.76. The zero-order valence-corrected chi connectivity index (χ0v) is 9.47. The number of nitrogens with two attached hydrogens (primary N) is 1. The van der Waals surface area contributed by atoms with Crippen LogP contribution in [0.4, 0.5) is 5.69 Å². The molecule has 1 aromatic rings. The number of anilines is 1. The van der Waals surface area contributed by atoms with Crippen LogP contribution in [0.15, 0.2) is 18.3 Å². The van der Waals surface area contributed by atoms with Gasteiger partial charge in [0.05, 0.1) is 24.6 Å². The first-order chi connectivity index (χ1) is 7.59. The number of esters is 1. The summed E-state index contributed by atoms with van der Waals surface area (Å²) in [6.45, 7) is 4.45. The van der Waals surface area contributed by atoms with Gasteiger partial charge >= 0.3 is 5.97 Å². The Bertz CT molecular complexity index is 336. The number of rotatable bonds is 5. The van der Waals surface area contributed by atoms with Crippen LogP contribution >= 0.6 is 0 Å². The lowest BCUT2D eigenvalue weighted by Gasteiger charge is -2.07. The number of hydrogen-bond acceptors (Lipinski definition) is 5. The molecular weight excluding hydrogens is 208 g/mol. The Labute approximate surface area is 94.6 Å². The highest BCUT2D eigenvalue weighted by Crippen LogP contribution is 2.02. The van der Waals surface area contributed by atoms with Crippen molar-refractivity contribution in [2.45, 2.75) is 20.0 Å². The average Bonchev–Trinajstić information content (AvgIpc) is 2.25. The zero-order chi connectivity index (χ0) is 12.0. The molecule has 16 heavy (non-hydrogen) atoms. The standard InChI is InChI=1S/C11H16N2O3/c1-8(2)15-5-6-16-11(14)10-4-3-9(12)7-13-10/h3-4,7-8H,5-6,12H2,1-2H3. The van der Waals surface area contributed by atoms with Gasteiger partial charge in [-0.05, 0) is 26.0 Å². The average molecular weight is 224 g/mol. The Balaban J connectivity index is 2.32. The summed E-state index contributed by atoms with van der Waals surface area (Å²) in [6, 6.07) is 3.13. The molecular formula is C11H16N2O3. The molecule has 0 bridgehead atoms. The Morgan fingerprint density at radius 3 is 2.75 bits per heavy atom. The Kier molecular flexibility index (Phi) is 4.72. The van der Waals surface area contributed by atoms with Crippen LogP contribution in [0.2, 0.25) is 0 Å². The first-order valence-electron chi connectivity index (χ1n) is 5.10. The van der Waals surface area contributed by atoms with Gasteiger partial charge in [-0.15, -0.1) is 0 Å². The lowest BCUT2D eigenvalue weighted by molar-refractivity contribution is 0.0172. The van der Waals surface area contributed by atoms with Gasteiger partial charge in [0.1, 0.15) is 12.3 Å². The Morgan fingerprint density at radius 1 is 1.44 bits per heavy atom. The number of ether oxygens (including phenoxy) is 2. The van der Waals surface area contributed by atoms with Gasteiger partial charge in [-0.2, -0.15) is 0 Å². The molecule has 0 fully saturated rings. The molecule has 0 radical (unpaired) electrons. The van der Waals surface area contributed by atoms with Crippen LogP contribution < -0.4 is 5.73 Å². The molecule has 1 heterocycles. The van der Waals surface area contributed by atoms with Crippen molar-refractivity contribution < 1.29 is 14.3 Å². The minimum Gasteiger partial charge on any atom is -0.459 e. The van der Waals surface area contributed by atoms with E-state index in [1.165, 1.54) is 12.3 Å². The second-order valence-corrected chi connectivity index (χ2v) is 3.53. The SMILES string of the molecule is CC(C)OCCOC(=O)c1ccc(N)cn1. The molecule has 5 nitrogen and oxygen atoms in total. The third-order valence-corrected chi connectivity index (χ3v) is 1.76. The van der Waals surface area contributed by atoms with E-state index in [-0.39, 0.29) is 18.4 Å². The summed E-state index contributed by atoms with van der Waals surface area (Å²) in [4.78, 5) is 15.3. The summed E-state index contributed by atoms with van der Waals surface area (Å²) in [5, 5.41) is 0. The summed E-state index contributed by atoms with van der Waals surface area (Å²) in [7, 11) is 0. The fraction of sp³-hybridized carbons (Fsp3) is 0.455. The fourth-order valence-electron chi connectivity index (χ4n) is 1.02. The van der Waals surface area contributed by atoms with Gasteiger partial charge in [0, 0.05) is 0 Å². The van der Waals surface area contributed by atoms with Gasteiger partial charge < -0.3 is 15.2 Å². The van der Waals surface area contributed by atoms with Gasteiger partial charge in [-0.1, -0.05) is 0 Å². The van der Waals surface area contributed by atoms with Crippen LogP contribution in [0.1, 0.15) is 24.3 Å². The lowest BCUT2D eigenvalue weighted by atomic mass is 10.3. The quantitative estimate of drug-likeness (QED) is 0.601. The molecule has 0 aliphatic carbocycles. The van der Waals surface area contributed by atoms with Crippen molar-refractivity contribution in [3.63, 3.8) is 0 Å². The van der Waals surface area contributed by atoms with Crippen LogP contribution in [-0.4, -0.2) is 30.3 Å². The van der Waals surface area contributed by atoms with Gasteiger partial charge in [0.15, 0.2) is 0 Å². The van der Waals surface area contributed by atoms with E-state index in [1.807, 2.05) is 13.8 Å². The van der Waals surface area contributed by atoms with E-state index >= 15 is 0 Å². The van der Waals surface area contributed by atoms with E-state index in [0.29, 0.717) is 12.3 Å². The minimum absolute atomic E-state index is 0.133. The number of hydrogen-bond donors (Lipinski definition) is 1. The van der Waals surface area contributed by atoms with Crippen molar-refractivity contribution in [2.75, 3.05) is 18.9 Å². The molecule has 5 heteroatoms. The van der Waals surface area contributed by atoms with Crippen LogP contribution in [0.25, 0.3) is 0 Å². The predicted molar refractivity (Wildman–Crippen MR) is 60.0 cm³/mol. The molecule has 0 aromatic carbocycles. The molecule has 0 aliphatic heterocycles. The van der Waals surface area contributed by atoms with Gasteiger partial charge in [-0.3, -0.25) is 0 Å². The second kappa shape index (κ2) is 6.07. The Hall–Kier alpha value is -1.62. The van der Waals surface area contributed by atoms with E-state index in [1.54, 1.807) is 6.07 Å². The molecule has 0 saturated heterocycles. The van der Waals surface area contributed by atoms with E-state index in [4.69, 9.17) is 15.2 Å². The third kappa shape index (κ3) is 4.27. The summed E-state index contributed by atoms with van der Waals surface area (Å²) >= 11 is 0. The molecule has 0 amide bonds. The van der Waals surface area contributed by atoms with Gasteiger partial charge in [0.25, 0.3) is 0 Å². The van der Waals surface area contributed by atoms with Crippen LogP contribution in [-0.2, 0) is 9.47 Å². The highest BCUT2D eigenvalue weighted by molar-refractivity contribution is 5.87. The summed E-state index contributed by atoms with van der Waals surface area (Å²) in [6.07, 6.45) is 1.55. The van der Waals surface area contributed by atoms with Crippen LogP contribution in [0, 0.1) is 0 Å². The first kappa shape index (κ1) is 12.4. The van der Waals surface area contributed by atoms with Crippen molar-refractivity contribution in [1.82, 2.24) is 4.98 Å². The van der Waals surface area contributed by atoms with Crippen molar-refractivity contribution in [2.24, 2.45) is 0 Å². The van der Waals surface area contributed by atoms with E-state index in [2.05, 4.69) is 4.98 Å². The summed E-state index contributed by atoms with van der Waals surface area (Å²) in [5.74, 6) is -0.465. The zero-order valence-electron chi connectivity index (χ0n) is 9.47. The number of pyridine rings is 1. The number of carbonyl (C=O) groups is 1. The fourth-order valence-corrected chi connectivity index (χ4v) is 1.02. The minimum atomic E-state index is -0.465. The molecule has 0 unspecified atom stereocenters. The molecule has 0 atom stereocenters. The lowest BCUT2D eigenvalue weighted by Crippen LogP contribution is -2.14. The van der Waals surface area contributed by atoms with Crippen molar-refractivity contribution in [3.8, 4) is 0 Å². The summed E-state index contributed by atoms with van der Waals surface area (Å²) < 4.78 is 10.2. The number of nitrogens with zero attached hydrogens (tertiary/aromatic N) is 1. The van der Waals surface area contributed by atoms with Crippen LogP contribution in [0.3, 0.4) is 0 Å². The number of aromatic nitrogens is 1. The molecule has 1 rings (SSSR count). The molecule has 1 aromatic heterocycles. The van der Waals surface area contributed by atoms with Gasteiger partial charge in [0.2, 0.25) is 0 Å². The van der Waals surface area contributed by atoms with Crippen LogP contribution in [0.5, 0.6) is 0 Å². The topological polar surface area (TPSA) is 74.4 Å². The second-order valence-electron chi connectivity index (χ2n) is 3.53. The van der Waals surface area contributed by atoms with E-state index < -0.39 is 5.97 Å². The molecule has 0 saturated carbocycles. The van der Waals surface area contributed by atoms with Crippen molar-refractivity contribution in [3.05, 3.63) is 24.0 Å². The maximum atomic E-state index is 11.4. The van der Waals surface area contributed by atoms with E-state index in [9.17, 15) is 4.79 Å². The molecule has 2 N–H and O–H groups in total.